The van der Waals surface area contributed by atoms with E-state index in [1.54, 1.807) is 0 Å². The highest BCUT2D eigenvalue weighted by Gasteiger charge is 2.79. The zero-order valence-corrected chi connectivity index (χ0v) is 11.3. The van der Waals surface area contributed by atoms with Crippen LogP contribution in [0.1, 0.15) is 13.3 Å². The van der Waals surface area contributed by atoms with Crippen molar-refractivity contribution in [3.8, 4) is 0 Å². The minimum absolute atomic E-state index is 0.268. The van der Waals surface area contributed by atoms with Gasteiger partial charge >= 0.3 is 35.7 Å². The summed E-state index contributed by atoms with van der Waals surface area (Å²) in [5.74, 6) is -26.8. The Labute approximate surface area is 124 Å². The number of esters is 1. The van der Waals surface area contributed by atoms with E-state index in [-0.39, 0.29) is 5.57 Å². The summed E-state index contributed by atoms with van der Waals surface area (Å²) in [6.07, 6.45) is 0.429. The first kappa shape index (κ1) is 20.7. The van der Waals surface area contributed by atoms with Crippen LogP contribution in [0.5, 0.6) is 0 Å². The lowest BCUT2D eigenvalue weighted by Gasteiger charge is -2.28. The molecule has 0 unspecified atom stereocenters. The van der Waals surface area contributed by atoms with E-state index in [1.807, 2.05) is 0 Å². The highest BCUT2D eigenvalue weighted by atomic mass is 19.3. The van der Waals surface area contributed by atoms with E-state index in [4.69, 9.17) is 10.2 Å². The van der Waals surface area contributed by atoms with Crippen LogP contribution in [-0.4, -0.2) is 52.5 Å². The van der Waals surface area contributed by atoms with Crippen LogP contribution in [0.2, 0.25) is 0 Å². The predicted octanol–water partition coefficient (Wildman–Crippen LogP) is 1.94. The molecule has 2 N–H and O–H groups in total. The standard InChI is InChI=1S/C11H10F6O6/c1-5(6(18)19)3-2-4-23-8(22)10(14,15)11(16,17)9(12,13)7(20)21/h3H,2,4H2,1H3,(H,18,19)(H,20,21). The summed E-state index contributed by atoms with van der Waals surface area (Å²) in [6, 6.07) is 0. The smallest absolute Gasteiger partial charge is 0.411 e. The molecular weight excluding hydrogens is 342 g/mol. The zero-order valence-electron chi connectivity index (χ0n) is 11.3. The minimum atomic E-state index is -6.53. The van der Waals surface area contributed by atoms with Crippen LogP contribution >= 0.6 is 0 Å². The Hall–Kier alpha value is -2.27. The fraction of sp³-hybridized carbons (Fsp3) is 0.545. The quantitative estimate of drug-likeness (QED) is 0.300. The molecule has 0 heterocycles. The van der Waals surface area contributed by atoms with E-state index in [0.717, 1.165) is 13.0 Å². The Bertz CT molecular complexity index is 527. The van der Waals surface area contributed by atoms with E-state index in [2.05, 4.69) is 4.74 Å². The lowest BCUT2D eigenvalue weighted by Crippen LogP contribution is -2.61. The van der Waals surface area contributed by atoms with Gasteiger partial charge in [-0.25, -0.2) is 14.4 Å². The van der Waals surface area contributed by atoms with Crippen molar-refractivity contribution in [2.75, 3.05) is 6.61 Å². The first-order chi connectivity index (χ1) is 10.2. The summed E-state index contributed by atoms with van der Waals surface area (Å²) in [6.45, 7) is 0.0914. The SMILES string of the molecule is CC(=CCCOC(=O)C(F)(F)C(F)(F)C(F)(F)C(=O)O)C(=O)O. The first-order valence-corrected chi connectivity index (χ1v) is 5.63. The fourth-order valence-corrected chi connectivity index (χ4v) is 1.06. The molecule has 23 heavy (non-hydrogen) atoms. The molecule has 0 bridgehead atoms. The van der Waals surface area contributed by atoms with Crippen molar-refractivity contribution < 1.29 is 55.7 Å². The third-order valence-electron chi connectivity index (χ3n) is 2.45. The van der Waals surface area contributed by atoms with Crippen molar-refractivity contribution in [2.24, 2.45) is 0 Å². The molecule has 0 aromatic heterocycles. The molecule has 0 aliphatic heterocycles. The van der Waals surface area contributed by atoms with Gasteiger partial charge in [0.25, 0.3) is 0 Å². The molecule has 0 atom stereocenters. The maximum atomic E-state index is 13.1. The molecule has 0 aromatic rings. The fourth-order valence-electron chi connectivity index (χ4n) is 1.06. The number of carboxylic acid groups (broad SMARTS) is 2. The van der Waals surface area contributed by atoms with Crippen LogP contribution < -0.4 is 0 Å². The molecule has 0 aromatic carbocycles. The Balaban J connectivity index is 5.02. The molecule has 0 rings (SSSR count). The second-order valence-corrected chi connectivity index (χ2v) is 4.15. The third-order valence-corrected chi connectivity index (χ3v) is 2.45. The number of hydrogen-bond donors (Lipinski definition) is 2. The van der Waals surface area contributed by atoms with Gasteiger partial charge in [0.15, 0.2) is 0 Å². The summed E-state index contributed by atoms with van der Waals surface area (Å²) in [5, 5.41) is 16.3. The van der Waals surface area contributed by atoms with E-state index < -0.39 is 48.7 Å². The second kappa shape index (κ2) is 6.87. The van der Waals surface area contributed by atoms with Crippen LogP contribution in [0.4, 0.5) is 26.3 Å². The van der Waals surface area contributed by atoms with Crippen molar-refractivity contribution >= 4 is 17.9 Å². The van der Waals surface area contributed by atoms with Gasteiger partial charge in [0.1, 0.15) is 0 Å². The van der Waals surface area contributed by atoms with Crippen molar-refractivity contribution in [1.29, 1.82) is 0 Å². The van der Waals surface area contributed by atoms with Gasteiger partial charge in [-0.1, -0.05) is 6.08 Å². The van der Waals surface area contributed by atoms with Gasteiger partial charge in [-0.05, 0) is 6.92 Å². The molecule has 0 aliphatic carbocycles. The normalized spacial score (nSPS) is 13.6. The molecule has 0 amide bonds. The van der Waals surface area contributed by atoms with Crippen molar-refractivity contribution in [2.45, 2.75) is 31.1 Å². The third kappa shape index (κ3) is 4.13. The highest BCUT2D eigenvalue weighted by Crippen LogP contribution is 2.46. The van der Waals surface area contributed by atoms with Gasteiger partial charge in [0.05, 0.1) is 6.61 Å². The van der Waals surface area contributed by atoms with Gasteiger partial charge in [-0.3, -0.25) is 0 Å². The molecule has 0 fully saturated rings. The number of halogens is 6. The summed E-state index contributed by atoms with van der Waals surface area (Å²) in [7, 11) is 0. The average molecular weight is 352 g/mol. The van der Waals surface area contributed by atoms with E-state index in [9.17, 15) is 40.7 Å². The first-order valence-electron chi connectivity index (χ1n) is 5.63. The van der Waals surface area contributed by atoms with Gasteiger partial charge in [-0.2, -0.15) is 26.3 Å². The van der Waals surface area contributed by atoms with E-state index >= 15 is 0 Å². The number of ether oxygens (including phenoxy) is 1. The Morgan fingerprint density at radius 2 is 1.48 bits per heavy atom. The molecule has 0 aliphatic rings. The van der Waals surface area contributed by atoms with Crippen LogP contribution in [0.3, 0.4) is 0 Å². The average Bonchev–Trinajstić information content (AvgIpc) is 2.41. The van der Waals surface area contributed by atoms with Gasteiger partial charge < -0.3 is 14.9 Å². The predicted molar refractivity (Wildman–Crippen MR) is 59.4 cm³/mol. The van der Waals surface area contributed by atoms with Crippen molar-refractivity contribution in [1.82, 2.24) is 0 Å². The molecular formula is C11H10F6O6. The lowest BCUT2D eigenvalue weighted by molar-refractivity contribution is -0.299. The van der Waals surface area contributed by atoms with Crippen LogP contribution in [0.25, 0.3) is 0 Å². The molecule has 6 nitrogen and oxygen atoms in total. The number of rotatable bonds is 8. The molecule has 0 spiro atoms. The number of carbonyl (C=O) groups excluding carboxylic acids is 1. The largest absolute Gasteiger partial charge is 0.478 e. The second-order valence-electron chi connectivity index (χ2n) is 4.15. The Morgan fingerprint density at radius 3 is 1.87 bits per heavy atom. The van der Waals surface area contributed by atoms with Crippen LogP contribution in [0.15, 0.2) is 11.6 Å². The minimum Gasteiger partial charge on any atom is -0.478 e. The Kier molecular flexibility index (Phi) is 6.20. The number of aliphatic carboxylic acids is 2. The number of hydrogen-bond acceptors (Lipinski definition) is 4. The molecule has 0 saturated carbocycles. The lowest BCUT2D eigenvalue weighted by atomic mass is 10.0. The number of carbonyl (C=O) groups is 3. The highest BCUT2D eigenvalue weighted by molar-refractivity contribution is 5.85. The zero-order chi connectivity index (χ0) is 18.6. The molecule has 0 radical (unpaired) electrons. The Morgan fingerprint density at radius 1 is 1.00 bits per heavy atom. The summed E-state index contributed by atoms with van der Waals surface area (Å²) in [4.78, 5) is 31.2. The van der Waals surface area contributed by atoms with Gasteiger partial charge in [0, 0.05) is 12.0 Å². The maximum Gasteiger partial charge on any atom is 0.411 e. The molecule has 132 valence electrons. The van der Waals surface area contributed by atoms with E-state index in [1.165, 1.54) is 0 Å². The summed E-state index contributed by atoms with van der Waals surface area (Å²) < 4.78 is 81.0. The van der Waals surface area contributed by atoms with Crippen LogP contribution in [0, 0.1) is 0 Å². The molecule has 12 heteroatoms. The summed E-state index contributed by atoms with van der Waals surface area (Å²) >= 11 is 0. The monoisotopic (exact) mass is 352 g/mol. The number of carboxylic acids is 2. The topological polar surface area (TPSA) is 101 Å². The maximum absolute atomic E-state index is 13.1. The van der Waals surface area contributed by atoms with Gasteiger partial charge in [0.2, 0.25) is 0 Å². The van der Waals surface area contributed by atoms with Crippen molar-refractivity contribution in [3.05, 3.63) is 11.6 Å². The van der Waals surface area contributed by atoms with Gasteiger partial charge in [-0.15, -0.1) is 0 Å². The number of alkyl halides is 6. The van der Waals surface area contributed by atoms with Crippen molar-refractivity contribution in [3.63, 3.8) is 0 Å². The molecule has 0 saturated heterocycles. The summed E-state index contributed by atoms with van der Waals surface area (Å²) in [5.41, 5.74) is -0.268. The van der Waals surface area contributed by atoms with Crippen LogP contribution in [-0.2, 0) is 19.1 Å². The van der Waals surface area contributed by atoms with E-state index in [0.29, 0.717) is 0 Å².